The fourth-order valence-corrected chi connectivity index (χ4v) is 4.18. The molecule has 144 valence electrons. The summed E-state index contributed by atoms with van der Waals surface area (Å²) in [6.45, 7) is 2.17. The average Bonchev–Trinajstić information content (AvgIpc) is 2.78. The third-order valence-corrected chi connectivity index (χ3v) is 5.74. The Morgan fingerprint density at radius 2 is 0.897 bits per heavy atom. The van der Waals surface area contributed by atoms with Crippen LogP contribution in [0, 0.1) is 0 Å². The van der Waals surface area contributed by atoms with Crippen molar-refractivity contribution in [1.29, 1.82) is 0 Å². The van der Waals surface area contributed by atoms with Gasteiger partial charge in [-0.05, 0) is 58.5 Å². The molecule has 4 rings (SSSR count). The highest BCUT2D eigenvalue weighted by Gasteiger charge is 2.34. The van der Waals surface area contributed by atoms with Gasteiger partial charge in [0.05, 0.1) is 0 Å². The first-order valence-electron chi connectivity index (χ1n) is 9.88. The summed E-state index contributed by atoms with van der Waals surface area (Å²) in [5.41, 5.74) is 5.38. The van der Waals surface area contributed by atoms with Gasteiger partial charge < -0.3 is 10.2 Å². The molecule has 2 N–H and O–H groups in total. The Hall–Kier alpha value is -3.52. The van der Waals surface area contributed by atoms with E-state index >= 15 is 0 Å². The molecule has 0 saturated carbocycles. The van der Waals surface area contributed by atoms with Crippen LogP contribution < -0.4 is 0 Å². The molecule has 0 aliphatic heterocycles. The minimum atomic E-state index is -0.378. The summed E-state index contributed by atoms with van der Waals surface area (Å²) < 4.78 is 0. The molecule has 0 spiro atoms. The van der Waals surface area contributed by atoms with Gasteiger partial charge >= 0.3 is 0 Å². The second kappa shape index (κ2) is 7.84. The zero-order valence-electron chi connectivity index (χ0n) is 16.4. The molecule has 2 heteroatoms. The molecule has 0 amide bonds. The smallest absolute Gasteiger partial charge is 0.115 e. The highest BCUT2D eigenvalue weighted by Crippen LogP contribution is 2.43. The van der Waals surface area contributed by atoms with Crippen molar-refractivity contribution in [3.05, 3.63) is 120 Å². The predicted molar refractivity (Wildman–Crippen MR) is 118 cm³/mol. The molecule has 2 nitrogen and oxygen atoms in total. The molecule has 0 unspecified atom stereocenters. The lowest BCUT2D eigenvalue weighted by Gasteiger charge is -2.35. The lowest BCUT2D eigenvalue weighted by atomic mass is 9.67. The molecule has 29 heavy (non-hydrogen) atoms. The molecule has 0 fully saturated rings. The summed E-state index contributed by atoms with van der Waals surface area (Å²) in [5, 5.41) is 19.6. The van der Waals surface area contributed by atoms with E-state index in [1.165, 1.54) is 16.7 Å². The van der Waals surface area contributed by atoms with Crippen molar-refractivity contribution in [2.24, 2.45) is 0 Å². The molecule has 0 bridgehead atoms. The monoisotopic (exact) mass is 380 g/mol. The van der Waals surface area contributed by atoms with Crippen LogP contribution in [0.3, 0.4) is 0 Å². The van der Waals surface area contributed by atoms with Gasteiger partial charge in [0, 0.05) is 5.41 Å². The first-order chi connectivity index (χ1) is 14.1. The van der Waals surface area contributed by atoms with E-state index in [0.717, 1.165) is 17.5 Å². The molecular formula is C27H24O2. The lowest BCUT2D eigenvalue weighted by Crippen LogP contribution is -2.28. The maximum absolute atomic E-state index is 9.80. The van der Waals surface area contributed by atoms with Crippen LogP contribution in [0.1, 0.15) is 30.0 Å². The molecule has 0 aliphatic carbocycles. The number of phenols is 2. The fraction of sp³-hybridized carbons (Fsp3) is 0.111. The van der Waals surface area contributed by atoms with Crippen LogP contribution in [0.4, 0.5) is 0 Å². The SMILES string of the molecule is CCC(c1ccc(O)cc1)(c1ccc(O)cc1)c1ccc(-c2ccccc2)cc1. The lowest BCUT2D eigenvalue weighted by molar-refractivity contribution is 0.473. The average molecular weight is 380 g/mol. The molecule has 4 aromatic rings. The molecule has 0 saturated heterocycles. The number of hydrogen-bond donors (Lipinski definition) is 2. The highest BCUT2D eigenvalue weighted by molar-refractivity contribution is 5.65. The maximum Gasteiger partial charge on any atom is 0.115 e. The van der Waals surface area contributed by atoms with Crippen molar-refractivity contribution >= 4 is 0 Å². The third-order valence-electron chi connectivity index (χ3n) is 5.74. The van der Waals surface area contributed by atoms with Gasteiger partial charge in [-0.1, -0.05) is 85.8 Å². The van der Waals surface area contributed by atoms with Gasteiger partial charge in [0.25, 0.3) is 0 Å². The van der Waals surface area contributed by atoms with Crippen LogP contribution in [0.25, 0.3) is 11.1 Å². The minimum Gasteiger partial charge on any atom is -0.508 e. The van der Waals surface area contributed by atoms with Crippen molar-refractivity contribution in [1.82, 2.24) is 0 Å². The van der Waals surface area contributed by atoms with Crippen LogP contribution in [-0.2, 0) is 5.41 Å². The Morgan fingerprint density at radius 1 is 0.517 bits per heavy atom. The molecule has 0 aliphatic rings. The van der Waals surface area contributed by atoms with Crippen molar-refractivity contribution in [3.8, 4) is 22.6 Å². The molecular weight excluding hydrogens is 356 g/mol. The number of benzene rings is 4. The Kier molecular flexibility index (Phi) is 5.09. The van der Waals surface area contributed by atoms with Crippen molar-refractivity contribution in [2.45, 2.75) is 18.8 Å². The Balaban J connectivity index is 1.88. The van der Waals surface area contributed by atoms with Gasteiger partial charge in [-0.3, -0.25) is 0 Å². The van der Waals surface area contributed by atoms with Gasteiger partial charge in [-0.2, -0.15) is 0 Å². The summed E-state index contributed by atoms with van der Waals surface area (Å²) >= 11 is 0. The summed E-state index contributed by atoms with van der Waals surface area (Å²) in [6, 6.07) is 33.9. The highest BCUT2D eigenvalue weighted by atomic mass is 16.3. The second-order valence-electron chi connectivity index (χ2n) is 7.30. The summed E-state index contributed by atoms with van der Waals surface area (Å²) in [4.78, 5) is 0. The zero-order valence-corrected chi connectivity index (χ0v) is 16.4. The van der Waals surface area contributed by atoms with Crippen molar-refractivity contribution in [3.63, 3.8) is 0 Å². The van der Waals surface area contributed by atoms with E-state index in [1.54, 1.807) is 24.3 Å². The third kappa shape index (κ3) is 3.50. The topological polar surface area (TPSA) is 40.5 Å². The molecule has 0 heterocycles. The first-order valence-corrected chi connectivity index (χ1v) is 9.88. The van der Waals surface area contributed by atoms with Crippen LogP contribution in [0.5, 0.6) is 11.5 Å². The predicted octanol–water partition coefficient (Wildman–Crippen LogP) is 6.51. The number of rotatable bonds is 5. The van der Waals surface area contributed by atoms with Crippen LogP contribution in [0.2, 0.25) is 0 Å². The minimum absolute atomic E-state index is 0.254. The van der Waals surface area contributed by atoms with E-state index in [4.69, 9.17) is 0 Å². The maximum atomic E-state index is 9.80. The fourth-order valence-electron chi connectivity index (χ4n) is 4.18. The van der Waals surface area contributed by atoms with Gasteiger partial charge in [0.2, 0.25) is 0 Å². The van der Waals surface area contributed by atoms with Crippen molar-refractivity contribution < 1.29 is 10.2 Å². The normalized spacial score (nSPS) is 11.3. The van der Waals surface area contributed by atoms with E-state index < -0.39 is 0 Å². The second-order valence-corrected chi connectivity index (χ2v) is 7.30. The Labute approximate surface area is 171 Å². The summed E-state index contributed by atoms with van der Waals surface area (Å²) in [5.74, 6) is 0.507. The van der Waals surface area contributed by atoms with E-state index in [2.05, 4.69) is 43.3 Å². The summed E-state index contributed by atoms with van der Waals surface area (Å²) in [7, 11) is 0. The van der Waals surface area contributed by atoms with Gasteiger partial charge in [0.15, 0.2) is 0 Å². The van der Waals surface area contributed by atoms with Gasteiger partial charge in [-0.25, -0.2) is 0 Å². The van der Waals surface area contributed by atoms with Crippen LogP contribution in [0.15, 0.2) is 103 Å². The largest absolute Gasteiger partial charge is 0.508 e. The quantitative estimate of drug-likeness (QED) is 0.388. The van der Waals surface area contributed by atoms with E-state index in [-0.39, 0.29) is 16.9 Å². The van der Waals surface area contributed by atoms with E-state index in [1.807, 2.05) is 42.5 Å². The van der Waals surface area contributed by atoms with Crippen LogP contribution in [-0.4, -0.2) is 10.2 Å². The summed E-state index contributed by atoms with van der Waals surface area (Å²) in [6.07, 6.45) is 0.841. The Morgan fingerprint density at radius 3 is 1.31 bits per heavy atom. The van der Waals surface area contributed by atoms with Gasteiger partial charge in [-0.15, -0.1) is 0 Å². The molecule has 4 aromatic carbocycles. The number of phenolic OH excluding ortho intramolecular Hbond substituents is 2. The molecule has 0 radical (unpaired) electrons. The first kappa shape index (κ1) is 18.8. The molecule has 0 atom stereocenters. The standard InChI is InChI=1S/C27H24O2/c1-2-27(23-12-16-25(28)17-13-23,24-14-18-26(29)19-15-24)22-10-8-21(9-11-22)20-6-4-3-5-7-20/h3-19,28-29H,2H2,1H3. The van der Waals surface area contributed by atoms with Gasteiger partial charge in [0.1, 0.15) is 11.5 Å². The zero-order chi connectivity index (χ0) is 20.3. The van der Waals surface area contributed by atoms with Crippen molar-refractivity contribution in [2.75, 3.05) is 0 Å². The van der Waals surface area contributed by atoms with E-state index in [9.17, 15) is 10.2 Å². The number of aromatic hydroxyl groups is 2. The number of hydrogen-bond acceptors (Lipinski definition) is 2. The molecule has 0 aromatic heterocycles. The van der Waals surface area contributed by atoms with E-state index in [0.29, 0.717) is 0 Å². The van der Waals surface area contributed by atoms with Crippen LogP contribution >= 0.6 is 0 Å². The Bertz CT molecular complexity index is 1020.